The Kier molecular flexibility index (Phi) is 5.06. The van der Waals surface area contributed by atoms with Crippen LogP contribution in [0.3, 0.4) is 0 Å². The molecule has 0 radical (unpaired) electrons. The van der Waals surface area contributed by atoms with Crippen LogP contribution in [0.25, 0.3) is 0 Å². The van der Waals surface area contributed by atoms with Crippen molar-refractivity contribution in [3.05, 3.63) is 5.89 Å². The smallest absolute Gasteiger partial charge is 0.318 e. The van der Waals surface area contributed by atoms with Crippen LogP contribution in [-0.4, -0.2) is 42.0 Å². The Bertz CT molecular complexity index is 277. The molecule has 1 aromatic heterocycles. The van der Waals surface area contributed by atoms with Crippen LogP contribution in [0.5, 0.6) is 0 Å². The molecule has 1 rings (SSSR count). The van der Waals surface area contributed by atoms with Gasteiger partial charge in [0.25, 0.3) is 0 Å². The zero-order chi connectivity index (χ0) is 11.1. The summed E-state index contributed by atoms with van der Waals surface area (Å²) in [7, 11) is 1.83. The summed E-state index contributed by atoms with van der Waals surface area (Å²) in [6.07, 6.45) is 0.706. The quantitative estimate of drug-likeness (QED) is 0.665. The van der Waals surface area contributed by atoms with Gasteiger partial charge >= 0.3 is 6.01 Å². The fraction of sp³-hybridized carbons (Fsp3) is 0.778. The normalized spacial score (nSPS) is 10.6. The van der Waals surface area contributed by atoms with Gasteiger partial charge in [0.2, 0.25) is 5.89 Å². The molecule has 6 nitrogen and oxygen atoms in total. The Balaban J connectivity index is 2.57. The molecule has 0 aliphatic rings. The van der Waals surface area contributed by atoms with Crippen molar-refractivity contribution in [1.82, 2.24) is 15.5 Å². The van der Waals surface area contributed by atoms with Gasteiger partial charge in [-0.25, -0.2) is 0 Å². The van der Waals surface area contributed by atoms with Crippen LogP contribution in [0.4, 0.5) is 6.01 Å². The number of nitrogens with zero attached hydrogens (tertiary/aromatic N) is 3. The molecule has 0 bridgehead atoms. The van der Waals surface area contributed by atoms with Crippen molar-refractivity contribution in [2.45, 2.75) is 19.9 Å². The highest BCUT2D eigenvalue weighted by Crippen LogP contribution is 2.11. The zero-order valence-corrected chi connectivity index (χ0v) is 9.23. The van der Waals surface area contributed by atoms with Crippen LogP contribution in [-0.2, 0) is 6.54 Å². The summed E-state index contributed by atoms with van der Waals surface area (Å²) in [6.45, 7) is 4.28. The zero-order valence-electron chi connectivity index (χ0n) is 9.23. The number of hydrogen-bond acceptors (Lipinski definition) is 6. The molecular weight excluding hydrogens is 196 g/mol. The molecular formula is C9H18N4O2. The molecule has 0 aromatic carbocycles. The second-order valence-corrected chi connectivity index (χ2v) is 3.17. The average Bonchev–Trinajstić information content (AvgIpc) is 2.68. The summed E-state index contributed by atoms with van der Waals surface area (Å²) < 4.78 is 5.43. The summed E-state index contributed by atoms with van der Waals surface area (Å²) in [5.74, 6) is 0.579. The highest BCUT2D eigenvalue weighted by Gasteiger charge is 2.11. The average molecular weight is 214 g/mol. The van der Waals surface area contributed by atoms with Crippen molar-refractivity contribution in [2.75, 3.05) is 31.6 Å². The maximum Gasteiger partial charge on any atom is 0.318 e. The van der Waals surface area contributed by atoms with E-state index in [-0.39, 0.29) is 6.61 Å². The van der Waals surface area contributed by atoms with Gasteiger partial charge in [-0.2, -0.15) is 0 Å². The van der Waals surface area contributed by atoms with Crippen LogP contribution in [0.1, 0.15) is 19.2 Å². The first-order valence-electron chi connectivity index (χ1n) is 5.14. The number of aliphatic hydroxyl groups is 1. The van der Waals surface area contributed by atoms with E-state index in [1.807, 2.05) is 18.9 Å². The molecule has 0 fully saturated rings. The fourth-order valence-corrected chi connectivity index (χ4v) is 1.25. The lowest BCUT2D eigenvalue weighted by atomic mass is 10.4. The van der Waals surface area contributed by atoms with Gasteiger partial charge in [-0.15, -0.1) is 5.10 Å². The SMILES string of the molecule is CCN(CCCO)c1nnc(CNC)o1. The molecule has 0 atom stereocenters. The molecule has 15 heavy (non-hydrogen) atoms. The van der Waals surface area contributed by atoms with Gasteiger partial charge in [-0.3, -0.25) is 0 Å². The van der Waals surface area contributed by atoms with Gasteiger partial charge in [0.15, 0.2) is 0 Å². The van der Waals surface area contributed by atoms with E-state index in [1.165, 1.54) is 0 Å². The van der Waals surface area contributed by atoms with Crippen molar-refractivity contribution in [2.24, 2.45) is 0 Å². The Morgan fingerprint density at radius 3 is 2.87 bits per heavy atom. The Morgan fingerprint density at radius 2 is 2.27 bits per heavy atom. The summed E-state index contributed by atoms with van der Waals surface area (Å²) in [6, 6.07) is 0.524. The molecule has 1 aromatic rings. The molecule has 0 saturated carbocycles. The predicted molar refractivity (Wildman–Crippen MR) is 56.7 cm³/mol. The van der Waals surface area contributed by atoms with E-state index in [0.717, 1.165) is 13.1 Å². The van der Waals surface area contributed by atoms with Gasteiger partial charge in [0.1, 0.15) is 0 Å². The van der Waals surface area contributed by atoms with Gasteiger partial charge < -0.3 is 19.7 Å². The first kappa shape index (κ1) is 11.9. The second kappa shape index (κ2) is 6.36. The first-order chi connectivity index (χ1) is 7.31. The third-order valence-electron chi connectivity index (χ3n) is 2.02. The van der Waals surface area contributed by atoms with Gasteiger partial charge in [0, 0.05) is 19.7 Å². The van der Waals surface area contributed by atoms with Crippen molar-refractivity contribution in [1.29, 1.82) is 0 Å². The lowest BCUT2D eigenvalue weighted by Gasteiger charge is -2.16. The summed E-state index contributed by atoms with van der Waals surface area (Å²) in [4.78, 5) is 1.95. The lowest BCUT2D eigenvalue weighted by molar-refractivity contribution is 0.288. The van der Waals surface area contributed by atoms with E-state index in [0.29, 0.717) is 24.9 Å². The molecule has 0 aliphatic carbocycles. The highest BCUT2D eigenvalue weighted by molar-refractivity contribution is 5.23. The van der Waals surface area contributed by atoms with Crippen molar-refractivity contribution < 1.29 is 9.52 Å². The minimum Gasteiger partial charge on any atom is -0.407 e. The van der Waals surface area contributed by atoms with Crippen molar-refractivity contribution >= 4 is 6.01 Å². The third kappa shape index (κ3) is 3.49. The first-order valence-corrected chi connectivity index (χ1v) is 5.14. The third-order valence-corrected chi connectivity index (χ3v) is 2.02. The van der Waals surface area contributed by atoms with Gasteiger partial charge in [-0.05, 0) is 20.4 Å². The number of anilines is 1. The molecule has 0 aliphatic heterocycles. The number of aliphatic hydroxyl groups excluding tert-OH is 1. The van der Waals surface area contributed by atoms with E-state index in [9.17, 15) is 0 Å². The monoisotopic (exact) mass is 214 g/mol. The Labute approximate surface area is 89.3 Å². The number of hydrogen-bond donors (Lipinski definition) is 2. The lowest BCUT2D eigenvalue weighted by Crippen LogP contribution is -2.24. The molecule has 6 heteroatoms. The topological polar surface area (TPSA) is 74.4 Å². The maximum absolute atomic E-state index is 8.74. The summed E-state index contributed by atoms with van der Waals surface area (Å²) in [5.41, 5.74) is 0. The number of rotatable bonds is 7. The predicted octanol–water partition coefficient (Wildman–Crippen LogP) is -0.00230. The van der Waals surface area contributed by atoms with E-state index in [2.05, 4.69) is 15.5 Å². The Morgan fingerprint density at radius 1 is 1.47 bits per heavy atom. The molecule has 0 saturated heterocycles. The van der Waals surface area contributed by atoms with E-state index in [1.54, 1.807) is 0 Å². The van der Waals surface area contributed by atoms with E-state index < -0.39 is 0 Å². The fourth-order valence-electron chi connectivity index (χ4n) is 1.25. The van der Waals surface area contributed by atoms with Gasteiger partial charge in [0.05, 0.1) is 6.54 Å². The molecule has 0 spiro atoms. The second-order valence-electron chi connectivity index (χ2n) is 3.17. The number of nitrogens with one attached hydrogen (secondary N) is 1. The Hall–Kier alpha value is -1.14. The standard InChI is InChI=1S/C9H18N4O2/c1-3-13(5-4-6-14)9-12-11-8(15-9)7-10-2/h10,14H,3-7H2,1-2H3. The van der Waals surface area contributed by atoms with Gasteiger partial charge in [-0.1, -0.05) is 5.10 Å². The summed E-state index contributed by atoms with van der Waals surface area (Å²) in [5, 5.41) is 19.5. The maximum atomic E-state index is 8.74. The van der Waals surface area contributed by atoms with E-state index in [4.69, 9.17) is 9.52 Å². The van der Waals surface area contributed by atoms with Crippen LogP contribution >= 0.6 is 0 Å². The molecule has 0 unspecified atom stereocenters. The highest BCUT2D eigenvalue weighted by atomic mass is 16.4. The summed E-state index contributed by atoms with van der Waals surface area (Å²) >= 11 is 0. The number of aromatic nitrogens is 2. The van der Waals surface area contributed by atoms with Crippen molar-refractivity contribution in [3.63, 3.8) is 0 Å². The molecule has 0 amide bonds. The molecule has 1 heterocycles. The van der Waals surface area contributed by atoms with Crippen LogP contribution in [0, 0.1) is 0 Å². The van der Waals surface area contributed by atoms with E-state index >= 15 is 0 Å². The largest absolute Gasteiger partial charge is 0.407 e. The van der Waals surface area contributed by atoms with Crippen LogP contribution in [0.15, 0.2) is 4.42 Å². The molecule has 2 N–H and O–H groups in total. The molecule has 86 valence electrons. The van der Waals surface area contributed by atoms with Crippen LogP contribution < -0.4 is 10.2 Å². The minimum atomic E-state index is 0.175. The minimum absolute atomic E-state index is 0.175. The van der Waals surface area contributed by atoms with Crippen LogP contribution in [0.2, 0.25) is 0 Å². The van der Waals surface area contributed by atoms with Crippen molar-refractivity contribution in [3.8, 4) is 0 Å².